The molecule has 1 aliphatic rings. The van der Waals surface area contributed by atoms with E-state index >= 15 is 0 Å². The number of hydrogen-bond donors (Lipinski definition) is 0. The monoisotopic (exact) mass is 298 g/mol. The molecule has 1 rings (SSSR count). The van der Waals surface area contributed by atoms with Crippen LogP contribution in [0.25, 0.3) is 0 Å². The second-order valence-corrected chi connectivity index (χ2v) is 6.92. The van der Waals surface area contributed by atoms with Gasteiger partial charge in [-0.15, -0.1) is 0 Å². The number of ether oxygens (including phenoxy) is 2. The maximum absolute atomic E-state index is 5.81. The Labute approximate surface area is 133 Å². The van der Waals surface area contributed by atoms with Crippen LogP contribution < -0.4 is 0 Å². The summed E-state index contributed by atoms with van der Waals surface area (Å²) in [4.78, 5) is 0. The highest BCUT2D eigenvalue weighted by molar-refractivity contribution is 4.74. The van der Waals surface area contributed by atoms with E-state index in [1.54, 1.807) is 0 Å². The van der Waals surface area contributed by atoms with Gasteiger partial charge in [0.1, 0.15) is 0 Å². The quantitative estimate of drug-likeness (QED) is 0.437. The molecule has 2 nitrogen and oxygen atoms in total. The topological polar surface area (TPSA) is 18.5 Å². The summed E-state index contributed by atoms with van der Waals surface area (Å²) < 4.78 is 11.3. The average Bonchev–Trinajstić information content (AvgIpc) is 2.53. The lowest BCUT2D eigenvalue weighted by atomic mass is 9.82. The average molecular weight is 299 g/mol. The van der Waals surface area contributed by atoms with Gasteiger partial charge >= 0.3 is 0 Å². The Bertz CT molecular complexity index is 224. The van der Waals surface area contributed by atoms with Crippen LogP contribution in [0.2, 0.25) is 0 Å². The largest absolute Gasteiger partial charge is 0.384 e. The molecule has 0 N–H and O–H groups in total. The van der Waals surface area contributed by atoms with Crippen LogP contribution in [0.4, 0.5) is 0 Å². The first-order valence-electron chi connectivity index (χ1n) is 9.33. The number of hydrogen-bond acceptors (Lipinski definition) is 2. The first-order valence-corrected chi connectivity index (χ1v) is 9.33. The summed E-state index contributed by atoms with van der Waals surface area (Å²) >= 11 is 0. The molecule has 1 aliphatic carbocycles. The van der Waals surface area contributed by atoms with Crippen LogP contribution in [0.1, 0.15) is 84.0 Å². The third kappa shape index (κ3) is 8.21. The Morgan fingerprint density at radius 2 is 1.71 bits per heavy atom. The van der Waals surface area contributed by atoms with Crippen molar-refractivity contribution < 1.29 is 9.47 Å². The molecule has 0 bridgehead atoms. The van der Waals surface area contributed by atoms with Gasteiger partial charge in [-0.25, -0.2) is 0 Å². The van der Waals surface area contributed by atoms with Gasteiger partial charge in [0.25, 0.3) is 0 Å². The molecular formula is C19H38O2. The summed E-state index contributed by atoms with van der Waals surface area (Å²) in [5.74, 6) is 1.55. The van der Waals surface area contributed by atoms with E-state index in [-0.39, 0.29) is 0 Å². The van der Waals surface area contributed by atoms with Gasteiger partial charge in [0.2, 0.25) is 0 Å². The van der Waals surface area contributed by atoms with Crippen molar-refractivity contribution in [3.8, 4) is 0 Å². The third-order valence-corrected chi connectivity index (χ3v) is 5.22. The normalized spacial score (nSPS) is 19.6. The minimum absolute atomic E-state index is 0.394. The maximum Gasteiger partial charge on any atom is 0.0621 e. The van der Waals surface area contributed by atoms with Crippen LogP contribution in [-0.4, -0.2) is 26.9 Å². The standard InChI is InChI=1S/C19H38O2/c1-4-5-6-10-13-19(21-3)18(16-20-2)15-14-17-11-8-7-9-12-17/h17-19H,4-16H2,1-3H3. The molecule has 0 heterocycles. The highest BCUT2D eigenvalue weighted by atomic mass is 16.5. The lowest BCUT2D eigenvalue weighted by molar-refractivity contribution is 0.00170. The molecule has 0 aromatic rings. The Balaban J connectivity index is 2.32. The van der Waals surface area contributed by atoms with Crippen LogP contribution >= 0.6 is 0 Å². The molecule has 0 spiro atoms. The van der Waals surface area contributed by atoms with Gasteiger partial charge in [-0.3, -0.25) is 0 Å². The zero-order chi connectivity index (χ0) is 15.3. The van der Waals surface area contributed by atoms with Gasteiger partial charge in [0.15, 0.2) is 0 Å². The van der Waals surface area contributed by atoms with E-state index < -0.39 is 0 Å². The van der Waals surface area contributed by atoms with E-state index in [2.05, 4.69) is 6.92 Å². The van der Waals surface area contributed by atoms with Crippen molar-refractivity contribution in [2.75, 3.05) is 20.8 Å². The zero-order valence-corrected chi connectivity index (χ0v) is 14.7. The van der Waals surface area contributed by atoms with Gasteiger partial charge < -0.3 is 9.47 Å². The van der Waals surface area contributed by atoms with Crippen molar-refractivity contribution in [1.82, 2.24) is 0 Å². The molecule has 0 aromatic heterocycles. The van der Waals surface area contributed by atoms with Crippen molar-refractivity contribution >= 4 is 0 Å². The Morgan fingerprint density at radius 3 is 2.33 bits per heavy atom. The molecule has 2 unspecified atom stereocenters. The van der Waals surface area contributed by atoms with Crippen molar-refractivity contribution in [2.24, 2.45) is 11.8 Å². The molecule has 0 saturated heterocycles. The van der Waals surface area contributed by atoms with Crippen molar-refractivity contribution in [2.45, 2.75) is 90.1 Å². The molecule has 21 heavy (non-hydrogen) atoms. The SMILES string of the molecule is CCCCCCC(OC)C(CCC1CCCCC1)COC. The van der Waals surface area contributed by atoms with E-state index in [1.807, 2.05) is 14.2 Å². The summed E-state index contributed by atoms with van der Waals surface area (Å²) in [6.45, 7) is 3.13. The minimum atomic E-state index is 0.394. The van der Waals surface area contributed by atoms with Crippen LogP contribution in [0.5, 0.6) is 0 Å². The summed E-state index contributed by atoms with van der Waals surface area (Å²) in [6, 6.07) is 0. The number of methoxy groups -OCH3 is 2. The predicted octanol–water partition coefficient (Wildman–Crippen LogP) is 5.59. The molecule has 1 fully saturated rings. The number of rotatable bonds is 12. The van der Waals surface area contributed by atoms with E-state index in [4.69, 9.17) is 9.47 Å². The first-order chi connectivity index (χ1) is 10.3. The van der Waals surface area contributed by atoms with Crippen LogP contribution in [0.15, 0.2) is 0 Å². The molecule has 0 aliphatic heterocycles. The summed E-state index contributed by atoms with van der Waals surface area (Å²) in [5, 5.41) is 0. The Morgan fingerprint density at radius 1 is 0.952 bits per heavy atom. The fourth-order valence-corrected chi connectivity index (χ4v) is 3.83. The molecule has 1 saturated carbocycles. The molecule has 0 amide bonds. The number of unbranched alkanes of at least 4 members (excludes halogenated alkanes) is 3. The van der Waals surface area contributed by atoms with Gasteiger partial charge in [-0.1, -0.05) is 71.1 Å². The summed E-state index contributed by atoms with van der Waals surface area (Å²) in [6.07, 6.45) is 16.8. The van der Waals surface area contributed by atoms with E-state index in [0.29, 0.717) is 12.0 Å². The first kappa shape index (κ1) is 19.0. The lowest BCUT2D eigenvalue weighted by Crippen LogP contribution is -2.27. The molecule has 126 valence electrons. The van der Waals surface area contributed by atoms with Gasteiger partial charge in [0.05, 0.1) is 12.7 Å². The van der Waals surface area contributed by atoms with Gasteiger partial charge in [-0.05, 0) is 18.8 Å². The summed E-state index contributed by atoms with van der Waals surface area (Å²) in [5.41, 5.74) is 0. The summed E-state index contributed by atoms with van der Waals surface area (Å²) in [7, 11) is 3.71. The molecule has 0 radical (unpaired) electrons. The molecule has 2 heteroatoms. The van der Waals surface area contributed by atoms with Gasteiger partial charge in [-0.2, -0.15) is 0 Å². The fourth-order valence-electron chi connectivity index (χ4n) is 3.83. The van der Waals surface area contributed by atoms with Gasteiger partial charge in [0, 0.05) is 20.1 Å². The highest BCUT2D eigenvalue weighted by Gasteiger charge is 2.23. The highest BCUT2D eigenvalue weighted by Crippen LogP contribution is 2.30. The van der Waals surface area contributed by atoms with Crippen molar-refractivity contribution in [3.05, 3.63) is 0 Å². The van der Waals surface area contributed by atoms with Crippen LogP contribution in [0, 0.1) is 11.8 Å². The maximum atomic E-state index is 5.81. The van der Waals surface area contributed by atoms with Crippen LogP contribution in [-0.2, 0) is 9.47 Å². The fraction of sp³-hybridized carbons (Fsp3) is 1.00. The van der Waals surface area contributed by atoms with E-state index in [9.17, 15) is 0 Å². The van der Waals surface area contributed by atoms with Crippen LogP contribution in [0.3, 0.4) is 0 Å². The second-order valence-electron chi connectivity index (χ2n) is 6.92. The van der Waals surface area contributed by atoms with E-state index in [0.717, 1.165) is 12.5 Å². The smallest absolute Gasteiger partial charge is 0.0621 e. The molecular weight excluding hydrogens is 260 g/mol. The van der Waals surface area contributed by atoms with Crippen molar-refractivity contribution in [3.63, 3.8) is 0 Å². The predicted molar refractivity (Wildman–Crippen MR) is 90.7 cm³/mol. The second kappa shape index (κ2) is 12.5. The third-order valence-electron chi connectivity index (χ3n) is 5.22. The Kier molecular flexibility index (Phi) is 11.3. The molecule has 2 atom stereocenters. The minimum Gasteiger partial charge on any atom is -0.384 e. The zero-order valence-electron chi connectivity index (χ0n) is 14.7. The van der Waals surface area contributed by atoms with E-state index in [1.165, 1.54) is 77.0 Å². The Hall–Kier alpha value is -0.0800. The van der Waals surface area contributed by atoms with Crippen molar-refractivity contribution in [1.29, 1.82) is 0 Å². The molecule has 0 aromatic carbocycles. The lowest BCUT2D eigenvalue weighted by Gasteiger charge is -2.28.